The minimum atomic E-state index is -1.67. The lowest BCUT2D eigenvalue weighted by Gasteiger charge is -2.67. The molecule has 0 bridgehead atoms. The Balaban J connectivity index is 1.16. The Labute approximate surface area is 331 Å². The van der Waals surface area contributed by atoms with Gasteiger partial charge in [-0.05, 0) is 99.7 Å². The van der Waals surface area contributed by atoms with Crippen molar-refractivity contribution in [1.29, 1.82) is 0 Å². The van der Waals surface area contributed by atoms with Crippen LogP contribution in [0.15, 0.2) is 11.6 Å². The molecule has 0 spiro atoms. The zero-order valence-corrected chi connectivity index (χ0v) is 34.6. The van der Waals surface area contributed by atoms with Crippen LogP contribution in [0.2, 0.25) is 0 Å². The van der Waals surface area contributed by atoms with Crippen molar-refractivity contribution < 1.29 is 70.0 Å². The first-order chi connectivity index (χ1) is 25.9. The molecule has 324 valence electrons. The molecule has 6 aliphatic rings. The summed E-state index contributed by atoms with van der Waals surface area (Å²) in [4.78, 5) is 0. The summed E-state index contributed by atoms with van der Waals surface area (Å²) in [7, 11) is 0. The second-order valence-corrected chi connectivity index (χ2v) is 20.3. The van der Waals surface area contributed by atoms with Crippen LogP contribution < -0.4 is 0 Å². The number of hydrogen-bond acceptors (Lipinski definition) is 14. The molecule has 2 saturated heterocycles. The molecule has 10 N–H and O–H groups in total. The Kier molecular flexibility index (Phi) is 12.7. The fourth-order valence-corrected chi connectivity index (χ4v) is 12.6. The summed E-state index contributed by atoms with van der Waals surface area (Å²) in [5.41, 5.74) is -0.985. The Morgan fingerprint density at radius 3 is 2.04 bits per heavy atom. The molecule has 4 aliphatic carbocycles. The van der Waals surface area contributed by atoms with Gasteiger partial charge in [0.2, 0.25) is 0 Å². The van der Waals surface area contributed by atoms with Crippen LogP contribution in [-0.2, 0) is 18.9 Å². The van der Waals surface area contributed by atoms with Crippen molar-refractivity contribution in [2.75, 3.05) is 13.2 Å². The minimum Gasteiger partial charge on any atom is -0.394 e. The van der Waals surface area contributed by atoms with Crippen LogP contribution in [0.3, 0.4) is 0 Å². The average molecular weight is 801 g/mol. The summed E-state index contributed by atoms with van der Waals surface area (Å²) in [6.07, 6.45) is -8.06. The summed E-state index contributed by atoms with van der Waals surface area (Å²) in [6, 6.07) is 0. The van der Waals surface area contributed by atoms with Gasteiger partial charge in [-0.2, -0.15) is 0 Å². The first-order valence-electron chi connectivity index (χ1n) is 21.0. The third-order valence-electron chi connectivity index (χ3n) is 16.6. The molecule has 5 fully saturated rings. The summed E-state index contributed by atoms with van der Waals surface area (Å²) in [6.45, 7) is 15.8. The van der Waals surface area contributed by atoms with Crippen LogP contribution in [0.25, 0.3) is 0 Å². The van der Waals surface area contributed by atoms with Crippen LogP contribution in [-0.4, -0.2) is 150 Å². The normalized spacial score (nSPS) is 50.3. The van der Waals surface area contributed by atoms with Crippen molar-refractivity contribution in [3.05, 3.63) is 11.6 Å². The largest absolute Gasteiger partial charge is 0.394 e. The van der Waals surface area contributed by atoms with E-state index in [2.05, 4.69) is 47.6 Å². The fourth-order valence-electron chi connectivity index (χ4n) is 12.6. The van der Waals surface area contributed by atoms with E-state index >= 15 is 0 Å². The number of hydrogen-bond donors (Lipinski definition) is 10. The van der Waals surface area contributed by atoms with Crippen molar-refractivity contribution in [3.8, 4) is 0 Å². The predicted molar refractivity (Wildman–Crippen MR) is 202 cm³/mol. The Morgan fingerprint density at radius 1 is 0.804 bits per heavy atom. The zero-order chi connectivity index (χ0) is 41.5. The lowest BCUT2D eigenvalue weighted by atomic mass is 9.38. The molecule has 14 heteroatoms. The number of aliphatic hydroxyl groups is 10. The van der Waals surface area contributed by atoms with Crippen LogP contribution in [0, 0.1) is 45.3 Å². The van der Waals surface area contributed by atoms with E-state index in [1.165, 1.54) is 5.57 Å². The Morgan fingerprint density at radius 2 is 1.41 bits per heavy atom. The van der Waals surface area contributed by atoms with Gasteiger partial charge in [-0.15, -0.1) is 0 Å². The first kappa shape index (κ1) is 44.7. The van der Waals surface area contributed by atoms with Gasteiger partial charge in [-0.3, -0.25) is 0 Å². The highest BCUT2D eigenvalue weighted by Gasteiger charge is 2.70. The second kappa shape index (κ2) is 15.9. The number of ether oxygens (including phenoxy) is 4. The van der Waals surface area contributed by atoms with Gasteiger partial charge in [-0.1, -0.05) is 53.2 Å². The van der Waals surface area contributed by atoms with E-state index in [1.807, 2.05) is 0 Å². The Bertz CT molecular complexity index is 1400. The molecular formula is C42H72O14. The van der Waals surface area contributed by atoms with Crippen LogP contribution in [0.5, 0.6) is 0 Å². The van der Waals surface area contributed by atoms with Crippen LogP contribution in [0.1, 0.15) is 107 Å². The van der Waals surface area contributed by atoms with Gasteiger partial charge in [0.15, 0.2) is 12.6 Å². The van der Waals surface area contributed by atoms with Crippen molar-refractivity contribution >= 4 is 0 Å². The van der Waals surface area contributed by atoms with Crippen LogP contribution in [0.4, 0.5) is 0 Å². The van der Waals surface area contributed by atoms with Gasteiger partial charge >= 0.3 is 0 Å². The SMILES string of the molecule is C[C@H](CC[C@@H](O)C(C)(C)O)[C@H]1CC[C@@]2(C)C3CC=C4[C@@H](CC[C@H](O[C@@H]5O[C@H](CO[C@@H]6O[C@H](CO)[C@@H](O)[C@H](O)[C@H]6O)[C@@H](O)[C@H](O)[C@H]5O)C4(C)C)[C@]3(C)[C@H](O)C[C@]12C. The molecular weight excluding hydrogens is 728 g/mol. The highest BCUT2D eigenvalue weighted by molar-refractivity contribution is 5.32. The summed E-state index contributed by atoms with van der Waals surface area (Å²) < 4.78 is 23.6. The monoisotopic (exact) mass is 800 g/mol. The molecule has 1 unspecified atom stereocenters. The maximum Gasteiger partial charge on any atom is 0.187 e. The highest BCUT2D eigenvalue weighted by atomic mass is 16.7. The molecule has 3 saturated carbocycles. The van der Waals surface area contributed by atoms with E-state index in [0.29, 0.717) is 31.1 Å². The smallest absolute Gasteiger partial charge is 0.187 e. The standard InChI is InChI=1S/C42H72O14/c1-20(9-13-27(44)39(4,5)52)21-15-16-40(6)26-12-10-22-23(42(26,8)28(45)17-41(21,40)7)11-14-29(38(22,2)3)56-37-35(51)33(49)31(47)25(55-37)19-53-36-34(50)32(48)30(46)24(18-43)54-36/h10,20-21,23-37,43-52H,9,11-19H2,1-8H3/t20-,21-,23-,24-,25-,26?,27-,28-,29+,30-,31-,32+,33+,34-,35-,36-,37+,40+,41-,42+/m1/s1. The lowest BCUT2D eigenvalue weighted by molar-refractivity contribution is -0.340. The van der Waals surface area contributed by atoms with Crippen molar-refractivity contribution in [2.24, 2.45) is 45.3 Å². The van der Waals surface area contributed by atoms with E-state index in [9.17, 15) is 51.1 Å². The second-order valence-electron chi connectivity index (χ2n) is 20.3. The van der Waals surface area contributed by atoms with Crippen molar-refractivity contribution in [2.45, 2.75) is 192 Å². The van der Waals surface area contributed by atoms with Crippen molar-refractivity contribution in [3.63, 3.8) is 0 Å². The molecule has 0 aromatic heterocycles. The molecule has 20 atom stereocenters. The summed E-state index contributed by atoms with van der Waals surface area (Å²) in [5, 5.41) is 106. The molecule has 56 heavy (non-hydrogen) atoms. The van der Waals surface area contributed by atoms with E-state index < -0.39 is 104 Å². The van der Waals surface area contributed by atoms with E-state index in [0.717, 1.165) is 32.1 Å². The summed E-state index contributed by atoms with van der Waals surface area (Å²) >= 11 is 0. The number of rotatable bonds is 11. The number of aliphatic hydroxyl groups excluding tert-OH is 9. The van der Waals surface area contributed by atoms with Gasteiger partial charge in [0.25, 0.3) is 0 Å². The molecule has 14 nitrogen and oxygen atoms in total. The average Bonchev–Trinajstić information content (AvgIpc) is 3.40. The van der Waals surface area contributed by atoms with E-state index in [-0.39, 0.29) is 28.1 Å². The number of fused-ring (bicyclic) bond motifs is 5. The van der Waals surface area contributed by atoms with E-state index in [4.69, 9.17) is 18.9 Å². The predicted octanol–water partition coefficient (Wildman–Crippen LogP) is 1.12. The fraction of sp³-hybridized carbons (Fsp3) is 0.952. The maximum atomic E-state index is 12.4. The molecule has 2 heterocycles. The molecule has 2 aliphatic heterocycles. The van der Waals surface area contributed by atoms with Crippen molar-refractivity contribution in [1.82, 2.24) is 0 Å². The number of allylic oxidation sites excluding steroid dienone is 1. The molecule has 0 aromatic carbocycles. The van der Waals surface area contributed by atoms with Gasteiger partial charge in [-0.25, -0.2) is 0 Å². The topological polar surface area (TPSA) is 239 Å². The van der Waals surface area contributed by atoms with Gasteiger partial charge < -0.3 is 70.0 Å². The lowest BCUT2D eigenvalue weighted by Crippen LogP contribution is -2.65. The quantitative estimate of drug-likeness (QED) is 0.132. The van der Waals surface area contributed by atoms with Gasteiger partial charge in [0.1, 0.15) is 48.8 Å². The van der Waals surface area contributed by atoms with Gasteiger partial charge in [0, 0.05) is 10.8 Å². The first-order valence-corrected chi connectivity index (χ1v) is 21.0. The minimum absolute atomic E-state index is 0.0159. The molecule has 6 rings (SSSR count). The highest BCUT2D eigenvalue weighted by Crippen LogP contribution is 2.75. The summed E-state index contributed by atoms with van der Waals surface area (Å²) in [5.74, 6) is 1.05. The van der Waals surface area contributed by atoms with Crippen LogP contribution >= 0.6 is 0 Å². The third-order valence-corrected chi connectivity index (χ3v) is 16.6. The molecule has 0 aromatic rings. The zero-order valence-electron chi connectivity index (χ0n) is 34.6. The third kappa shape index (κ3) is 7.26. The van der Waals surface area contributed by atoms with Gasteiger partial charge in [0.05, 0.1) is 37.1 Å². The Hall–Kier alpha value is -0.820. The maximum absolute atomic E-state index is 12.4. The van der Waals surface area contributed by atoms with E-state index in [1.54, 1.807) is 13.8 Å². The molecule has 0 radical (unpaired) electrons. The molecule has 0 amide bonds.